The molecule has 10 nitrogen and oxygen atoms in total. The largest absolute Gasteiger partial charge is 0.383 e. The smallest absolute Gasteiger partial charge is 0.294 e. The molecular formula is C24H26N6O4S. The van der Waals surface area contributed by atoms with Gasteiger partial charge < -0.3 is 14.2 Å². The lowest BCUT2D eigenvalue weighted by Gasteiger charge is -2.22. The predicted octanol–water partition coefficient (Wildman–Crippen LogP) is 3.03. The zero-order chi connectivity index (χ0) is 24.4. The van der Waals surface area contributed by atoms with Crippen molar-refractivity contribution in [1.82, 2.24) is 24.7 Å². The van der Waals surface area contributed by atoms with Crippen molar-refractivity contribution in [2.45, 2.75) is 45.2 Å². The Hall–Kier alpha value is -3.44. The molecule has 0 saturated carbocycles. The van der Waals surface area contributed by atoms with E-state index in [1.165, 1.54) is 15.9 Å². The first-order valence-electron chi connectivity index (χ1n) is 11.6. The number of hydrogen-bond donors (Lipinski definition) is 0. The van der Waals surface area contributed by atoms with Crippen molar-refractivity contribution in [1.29, 1.82) is 0 Å². The molecule has 0 N–H and O–H groups in total. The first-order valence-corrected chi connectivity index (χ1v) is 12.4. The molecule has 11 heteroatoms. The Morgan fingerprint density at radius 2 is 2.06 bits per heavy atom. The maximum absolute atomic E-state index is 13.4. The molecule has 0 radical (unpaired) electrons. The van der Waals surface area contributed by atoms with Gasteiger partial charge in [0.25, 0.3) is 11.4 Å². The molecule has 3 aromatic heterocycles. The molecule has 0 spiro atoms. The molecule has 35 heavy (non-hydrogen) atoms. The van der Waals surface area contributed by atoms with Gasteiger partial charge in [-0.2, -0.15) is 4.98 Å². The van der Waals surface area contributed by atoms with Crippen molar-refractivity contribution in [3.63, 3.8) is 0 Å². The van der Waals surface area contributed by atoms with Crippen LogP contribution in [0.1, 0.15) is 30.7 Å². The summed E-state index contributed by atoms with van der Waals surface area (Å²) in [5.74, 6) is 1.10. The summed E-state index contributed by atoms with van der Waals surface area (Å²) in [4.78, 5) is 42.5. The number of fused-ring (bicyclic) bond motifs is 1. The van der Waals surface area contributed by atoms with E-state index in [0.29, 0.717) is 35.2 Å². The second-order valence-electron chi connectivity index (χ2n) is 8.49. The van der Waals surface area contributed by atoms with Gasteiger partial charge in [0.05, 0.1) is 19.2 Å². The molecule has 4 aromatic rings. The number of carbonyl (C=O) groups is 1. The van der Waals surface area contributed by atoms with Crippen LogP contribution in [0, 0.1) is 6.92 Å². The van der Waals surface area contributed by atoms with Crippen LogP contribution in [-0.2, 0) is 22.5 Å². The zero-order valence-electron chi connectivity index (χ0n) is 19.6. The molecular weight excluding hydrogens is 468 g/mol. The van der Waals surface area contributed by atoms with Crippen molar-refractivity contribution in [2.24, 2.45) is 0 Å². The Morgan fingerprint density at radius 3 is 2.80 bits per heavy atom. The summed E-state index contributed by atoms with van der Waals surface area (Å²) in [6.45, 7) is 3.01. The van der Waals surface area contributed by atoms with E-state index in [4.69, 9.17) is 9.26 Å². The number of thiazole rings is 1. The van der Waals surface area contributed by atoms with E-state index >= 15 is 0 Å². The third-order valence-electron chi connectivity index (χ3n) is 6.12. The van der Waals surface area contributed by atoms with Gasteiger partial charge in [0.15, 0.2) is 27.1 Å². The highest BCUT2D eigenvalue weighted by atomic mass is 32.1. The van der Waals surface area contributed by atoms with Gasteiger partial charge in [-0.1, -0.05) is 46.8 Å². The lowest BCUT2D eigenvalue weighted by molar-refractivity contribution is -0.120. The first-order chi connectivity index (χ1) is 17.0. The number of ketones is 1. The van der Waals surface area contributed by atoms with E-state index in [0.717, 1.165) is 24.9 Å². The van der Waals surface area contributed by atoms with Gasteiger partial charge >= 0.3 is 0 Å². The lowest BCUT2D eigenvalue weighted by atomic mass is 10.0. The fourth-order valence-electron chi connectivity index (χ4n) is 4.37. The van der Waals surface area contributed by atoms with Crippen LogP contribution < -0.4 is 10.5 Å². The SMILES string of the molecule is COCCn1c(-c2nc(C)no2)nc2sc(N3CCC[C@@H]3C(=O)CCc3ccccc3)nc2c1=O. The van der Waals surface area contributed by atoms with Gasteiger partial charge in [0.2, 0.25) is 5.82 Å². The Bertz CT molecular complexity index is 1400. The summed E-state index contributed by atoms with van der Waals surface area (Å²) in [7, 11) is 1.57. The third-order valence-corrected chi connectivity index (χ3v) is 7.11. The number of methoxy groups -OCH3 is 1. The van der Waals surface area contributed by atoms with Gasteiger partial charge in [0.1, 0.15) is 0 Å². The van der Waals surface area contributed by atoms with Gasteiger partial charge in [-0.25, -0.2) is 9.97 Å². The molecule has 182 valence electrons. The van der Waals surface area contributed by atoms with Crippen molar-refractivity contribution < 1.29 is 14.1 Å². The summed E-state index contributed by atoms with van der Waals surface area (Å²) in [6, 6.07) is 9.77. The number of ether oxygens (including phenoxy) is 1. The standard InChI is InChI=1S/C24H26N6O4S/c1-15-25-21(34-28-15)20-27-22-19(23(32)30(20)13-14-33-2)26-24(35-22)29-12-6-9-17(29)18(31)11-10-16-7-4-3-5-8-16/h3-5,7-8,17H,6,9-14H2,1-2H3/t17-/m1/s1. The highest BCUT2D eigenvalue weighted by molar-refractivity contribution is 7.21. The van der Waals surface area contributed by atoms with E-state index in [2.05, 4.69) is 20.1 Å². The average Bonchev–Trinajstić information content (AvgIpc) is 3.61. The maximum Gasteiger partial charge on any atom is 0.294 e. The number of nitrogens with zero attached hydrogens (tertiary/aromatic N) is 6. The highest BCUT2D eigenvalue weighted by Gasteiger charge is 2.33. The van der Waals surface area contributed by atoms with E-state index in [9.17, 15) is 9.59 Å². The first kappa shape index (κ1) is 23.3. The van der Waals surface area contributed by atoms with Crippen LogP contribution in [0.5, 0.6) is 0 Å². The lowest BCUT2D eigenvalue weighted by Crippen LogP contribution is -2.36. The van der Waals surface area contributed by atoms with E-state index in [1.54, 1.807) is 14.0 Å². The molecule has 1 saturated heterocycles. The average molecular weight is 495 g/mol. The number of benzene rings is 1. The number of Topliss-reactive ketones (excluding diaryl/α,β-unsaturated/α-hetero) is 1. The molecule has 5 rings (SSSR count). The summed E-state index contributed by atoms with van der Waals surface area (Å²) in [5.41, 5.74) is 1.12. The molecule has 1 aliphatic rings. The molecule has 0 amide bonds. The summed E-state index contributed by atoms with van der Waals surface area (Å²) >= 11 is 1.31. The van der Waals surface area contributed by atoms with E-state index in [-0.39, 0.29) is 41.2 Å². The molecule has 1 atom stereocenters. The molecule has 0 aliphatic carbocycles. The third kappa shape index (κ3) is 4.73. The Kier molecular flexibility index (Phi) is 6.69. The maximum atomic E-state index is 13.4. The summed E-state index contributed by atoms with van der Waals surface area (Å²) in [5, 5.41) is 4.47. The fourth-order valence-corrected chi connectivity index (χ4v) is 5.38. The minimum Gasteiger partial charge on any atom is -0.383 e. The quantitative estimate of drug-likeness (QED) is 0.346. The Balaban J connectivity index is 1.45. The summed E-state index contributed by atoms with van der Waals surface area (Å²) in [6.07, 6.45) is 2.86. The van der Waals surface area contributed by atoms with Crippen LogP contribution in [0.3, 0.4) is 0 Å². The molecule has 1 fully saturated rings. The number of aryl methyl sites for hydroxylation is 2. The van der Waals surface area contributed by atoms with Crippen LogP contribution in [-0.4, -0.2) is 56.8 Å². The second-order valence-corrected chi connectivity index (χ2v) is 9.44. The normalized spacial score (nSPS) is 15.8. The van der Waals surface area contributed by atoms with Gasteiger partial charge in [0, 0.05) is 20.1 Å². The predicted molar refractivity (Wildman–Crippen MR) is 132 cm³/mol. The van der Waals surface area contributed by atoms with Crippen LogP contribution >= 0.6 is 11.3 Å². The molecule has 4 heterocycles. The Labute approximate surface area is 205 Å². The molecule has 0 unspecified atom stereocenters. The number of anilines is 1. The van der Waals surface area contributed by atoms with Crippen molar-refractivity contribution in [3.8, 4) is 11.7 Å². The van der Waals surface area contributed by atoms with Crippen LogP contribution in [0.15, 0.2) is 39.6 Å². The van der Waals surface area contributed by atoms with Gasteiger partial charge in [-0.05, 0) is 31.7 Å². The minimum atomic E-state index is -0.299. The van der Waals surface area contributed by atoms with Crippen molar-refractivity contribution in [3.05, 3.63) is 52.1 Å². The van der Waals surface area contributed by atoms with Gasteiger partial charge in [-0.15, -0.1) is 0 Å². The highest BCUT2D eigenvalue weighted by Crippen LogP contribution is 2.33. The fraction of sp³-hybridized carbons (Fsp3) is 0.417. The number of aromatic nitrogens is 5. The van der Waals surface area contributed by atoms with Crippen LogP contribution in [0.25, 0.3) is 22.1 Å². The molecule has 0 bridgehead atoms. The van der Waals surface area contributed by atoms with Crippen molar-refractivity contribution in [2.75, 3.05) is 25.2 Å². The monoisotopic (exact) mass is 494 g/mol. The topological polar surface area (TPSA) is 116 Å². The number of carbonyl (C=O) groups excluding carboxylic acids is 1. The Morgan fingerprint density at radius 1 is 1.23 bits per heavy atom. The zero-order valence-corrected chi connectivity index (χ0v) is 20.5. The summed E-state index contributed by atoms with van der Waals surface area (Å²) < 4.78 is 11.9. The molecule has 1 aliphatic heterocycles. The van der Waals surface area contributed by atoms with Crippen LogP contribution in [0.4, 0.5) is 5.13 Å². The van der Waals surface area contributed by atoms with E-state index in [1.807, 2.05) is 35.2 Å². The second kappa shape index (κ2) is 10.0. The minimum absolute atomic E-state index is 0.169. The molecule has 1 aromatic carbocycles. The number of rotatable bonds is 9. The van der Waals surface area contributed by atoms with E-state index < -0.39 is 0 Å². The van der Waals surface area contributed by atoms with Crippen LogP contribution in [0.2, 0.25) is 0 Å². The number of hydrogen-bond acceptors (Lipinski definition) is 10. The van der Waals surface area contributed by atoms with Gasteiger partial charge in [-0.3, -0.25) is 14.2 Å². The van der Waals surface area contributed by atoms with Crippen molar-refractivity contribution >= 4 is 32.6 Å².